The molecule has 1 aromatic heterocycles. The van der Waals surface area contributed by atoms with Crippen molar-refractivity contribution in [3.8, 4) is 5.75 Å². The largest absolute Gasteiger partial charge is 0.506 e. The van der Waals surface area contributed by atoms with E-state index in [1.54, 1.807) is 12.1 Å². The number of phenols is 1. The van der Waals surface area contributed by atoms with Gasteiger partial charge >= 0.3 is 0 Å². The van der Waals surface area contributed by atoms with Crippen molar-refractivity contribution in [3.63, 3.8) is 0 Å². The van der Waals surface area contributed by atoms with Gasteiger partial charge in [0.2, 0.25) is 0 Å². The Balaban J connectivity index is 2.12. The Morgan fingerprint density at radius 2 is 1.75 bits per heavy atom. The Bertz CT molecular complexity index is 782. The van der Waals surface area contributed by atoms with Gasteiger partial charge in [0.25, 0.3) is 0 Å². The number of hydrogen-bond acceptors (Lipinski definition) is 4. The lowest BCUT2D eigenvalue weighted by molar-refractivity contribution is 0.480. The average Bonchev–Trinajstić information content (AvgIpc) is 2.47. The summed E-state index contributed by atoms with van der Waals surface area (Å²) in [6.45, 7) is 1.87. The SMILES string of the molecule is Cc1cc(N=Nc2ccccc2)c2cccc(O)c2n1. The summed E-state index contributed by atoms with van der Waals surface area (Å²) in [5.74, 6) is 0.155. The zero-order valence-corrected chi connectivity index (χ0v) is 11.0. The molecule has 3 aromatic rings. The predicted molar refractivity (Wildman–Crippen MR) is 78.8 cm³/mol. The first-order valence-corrected chi connectivity index (χ1v) is 6.30. The van der Waals surface area contributed by atoms with Gasteiger partial charge in [0.15, 0.2) is 0 Å². The van der Waals surface area contributed by atoms with Crippen LogP contribution in [0.2, 0.25) is 0 Å². The van der Waals surface area contributed by atoms with Crippen LogP contribution in [0.15, 0.2) is 64.8 Å². The molecule has 4 heteroatoms. The van der Waals surface area contributed by atoms with E-state index in [0.29, 0.717) is 11.2 Å². The van der Waals surface area contributed by atoms with Gasteiger partial charge in [0, 0.05) is 11.1 Å². The number of fused-ring (bicyclic) bond motifs is 1. The Morgan fingerprint density at radius 3 is 2.55 bits per heavy atom. The molecule has 0 amide bonds. The minimum absolute atomic E-state index is 0.155. The quantitative estimate of drug-likeness (QED) is 0.683. The highest BCUT2D eigenvalue weighted by Crippen LogP contribution is 2.31. The first kappa shape index (κ1) is 12.3. The number of nitrogens with zero attached hydrogens (tertiary/aromatic N) is 3. The highest BCUT2D eigenvalue weighted by Gasteiger charge is 2.06. The van der Waals surface area contributed by atoms with Gasteiger partial charge in [-0.05, 0) is 31.2 Å². The number of aromatic hydroxyl groups is 1. The van der Waals surface area contributed by atoms with Crippen molar-refractivity contribution in [2.75, 3.05) is 0 Å². The number of phenolic OH excluding ortho intramolecular Hbond substituents is 1. The first-order valence-electron chi connectivity index (χ1n) is 6.30. The molecule has 0 fully saturated rings. The van der Waals surface area contributed by atoms with Gasteiger partial charge in [0.05, 0.1) is 11.4 Å². The number of para-hydroxylation sites is 1. The number of aryl methyl sites for hydroxylation is 1. The summed E-state index contributed by atoms with van der Waals surface area (Å²) in [6, 6.07) is 16.7. The van der Waals surface area contributed by atoms with Crippen molar-refractivity contribution in [2.45, 2.75) is 6.92 Å². The molecule has 4 nitrogen and oxygen atoms in total. The van der Waals surface area contributed by atoms with Crippen LogP contribution < -0.4 is 0 Å². The highest BCUT2D eigenvalue weighted by atomic mass is 16.3. The molecule has 0 saturated carbocycles. The van der Waals surface area contributed by atoms with Crippen molar-refractivity contribution in [3.05, 3.63) is 60.3 Å². The molecule has 98 valence electrons. The van der Waals surface area contributed by atoms with E-state index in [-0.39, 0.29) is 5.75 Å². The number of pyridine rings is 1. The van der Waals surface area contributed by atoms with Crippen LogP contribution in [-0.2, 0) is 0 Å². The number of azo groups is 1. The summed E-state index contributed by atoms with van der Waals surface area (Å²) >= 11 is 0. The molecule has 0 aliphatic heterocycles. The van der Waals surface area contributed by atoms with Gasteiger partial charge in [-0.3, -0.25) is 0 Å². The average molecular weight is 263 g/mol. The predicted octanol–water partition coefficient (Wildman–Crippen LogP) is 4.66. The van der Waals surface area contributed by atoms with E-state index in [1.807, 2.05) is 49.4 Å². The molecule has 1 heterocycles. The van der Waals surface area contributed by atoms with Crippen molar-refractivity contribution in [1.82, 2.24) is 4.98 Å². The summed E-state index contributed by atoms with van der Waals surface area (Å²) < 4.78 is 0. The highest BCUT2D eigenvalue weighted by molar-refractivity contribution is 5.93. The molecule has 0 aliphatic carbocycles. The molecule has 1 N–H and O–H groups in total. The molecule has 0 saturated heterocycles. The summed E-state index contributed by atoms with van der Waals surface area (Å²) in [4.78, 5) is 4.34. The molecule has 0 bridgehead atoms. The lowest BCUT2D eigenvalue weighted by atomic mass is 10.1. The fourth-order valence-electron chi connectivity index (χ4n) is 2.03. The Labute approximate surface area is 116 Å². The zero-order valence-electron chi connectivity index (χ0n) is 11.0. The third kappa shape index (κ3) is 2.36. The minimum atomic E-state index is 0.155. The van der Waals surface area contributed by atoms with Crippen LogP contribution in [0, 0.1) is 6.92 Å². The fourth-order valence-corrected chi connectivity index (χ4v) is 2.03. The van der Waals surface area contributed by atoms with Gasteiger partial charge in [0.1, 0.15) is 11.3 Å². The molecule has 0 aliphatic rings. The number of benzene rings is 2. The lowest BCUT2D eigenvalue weighted by Crippen LogP contribution is -1.84. The topological polar surface area (TPSA) is 57.8 Å². The summed E-state index contributed by atoms with van der Waals surface area (Å²) in [5.41, 5.74) is 2.83. The Kier molecular flexibility index (Phi) is 3.13. The van der Waals surface area contributed by atoms with E-state index in [2.05, 4.69) is 15.2 Å². The number of aromatic nitrogens is 1. The molecule has 0 atom stereocenters. The minimum Gasteiger partial charge on any atom is -0.506 e. The molecule has 0 radical (unpaired) electrons. The van der Waals surface area contributed by atoms with E-state index < -0.39 is 0 Å². The van der Waals surface area contributed by atoms with Crippen molar-refractivity contribution in [1.29, 1.82) is 0 Å². The van der Waals surface area contributed by atoms with E-state index in [9.17, 15) is 5.11 Å². The van der Waals surface area contributed by atoms with Gasteiger partial charge in [-0.1, -0.05) is 30.3 Å². The smallest absolute Gasteiger partial charge is 0.141 e. The Hall–Kier alpha value is -2.75. The number of rotatable bonds is 2. The lowest BCUT2D eigenvalue weighted by Gasteiger charge is -2.04. The van der Waals surface area contributed by atoms with Crippen molar-refractivity contribution < 1.29 is 5.11 Å². The monoisotopic (exact) mass is 263 g/mol. The van der Waals surface area contributed by atoms with Crippen LogP contribution in [0.4, 0.5) is 11.4 Å². The van der Waals surface area contributed by atoms with E-state index in [4.69, 9.17) is 0 Å². The van der Waals surface area contributed by atoms with Gasteiger partial charge in [-0.15, -0.1) is 5.11 Å². The Morgan fingerprint density at radius 1 is 0.950 bits per heavy atom. The second kappa shape index (κ2) is 5.09. The molecular weight excluding hydrogens is 250 g/mol. The zero-order chi connectivity index (χ0) is 13.9. The van der Waals surface area contributed by atoms with Crippen LogP contribution in [0.1, 0.15) is 5.69 Å². The normalized spacial score (nSPS) is 11.2. The fraction of sp³-hybridized carbons (Fsp3) is 0.0625. The molecule has 0 spiro atoms. The summed E-state index contributed by atoms with van der Waals surface area (Å²) in [5, 5.41) is 19.2. The summed E-state index contributed by atoms with van der Waals surface area (Å²) in [7, 11) is 0. The maximum absolute atomic E-state index is 9.87. The second-order valence-corrected chi connectivity index (χ2v) is 4.49. The number of hydrogen-bond donors (Lipinski definition) is 1. The maximum atomic E-state index is 9.87. The van der Waals surface area contributed by atoms with Crippen molar-refractivity contribution in [2.24, 2.45) is 10.2 Å². The molecule has 20 heavy (non-hydrogen) atoms. The van der Waals surface area contributed by atoms with E-state index in [0.717, 1.165) is 16.8 Å². The third-order valence-corrected chi connectivity index (χ3v) is 2.95. The van der Waals surface area contributed by atoms with Crippen LogP contribution in [0.3, 0.4) is 0 Å². The van der Waals surface area contributed by atoms with Gasteiger partial charge < -0.3 is 5.11 Å². The molecule has 2 aromatic carbocycles. The van der Waals surface area contributed by atoms with Crippen LogP contribution >= 0.6 is 0 Å². The van der Waals surface area contributed by atoms with Crippen LogP contribution in [0.5, 0.6) is 5.75 Å². The van der Waals surface area contributed by atoms with Crippen molar-refractivity contribution >= 4 is 22.3 Å². The maximum Gasteiger partial charge on any atom is 0.141 e. The molecule has 3 rings (SSSR count). The van der Waals surface area contributed by atoms with Crippen LogP contribution in [0.25, 0.3) is 10.9 Å². The van der Waals surface area contributed by atoms with E-state index >= 15 is 0 Å². The molecular formula is C16H13N3O. The van der Waals surface area contributed by atoms with Gasteiger partial charge in [-0.25, -0.2) is 4.98 Å². The third-order valence-electron chi connectivity index (χ3n) is 2.95. The van der Waals surface area contributed by atoms with E-state index in [1.165, 1.54) is 0 Å². The molecule has 0 unspecified atom stereocenters. The summed E-state index contributed by atoms with van der Waals surface area (Å²) in [6.07, 6.45) is 0. The van der Waals surface area contributed by atoms with Crippen LogP contribution in [-0.4, -0.2) is 10.1 Å². The second-order valence-electron chi connectivity index (χ2n) is 4.49. The first-order chi connectivity index (χ1) is 9.74. The standard InChI is InChI=1S/C16H13N3O/c1-11-10-14(19-18-12-6-3-2-4-7-12)13-8-5-9-15(20)16(13)17-11/h2-10,20H,1H3. The van der Waals surface area contributed by atoms with Gasteiger partial charge in [-0.2, -0.15) is 5.11 Å².